The van der Waals surface area contributed by atoms with Crippen LogP contribution < -0.4 is 5.32 Å². The first-order valence-electron chi connectivity index (χ1n) is 9.16. The van der Waals surface area contributed by atoms with Crippen LogP contribution in [-0.4, -0.2) is 31.2 Å². The smallest absolute Gasteiger partial charge is 0.275 e. The maximum Gasteiger partial charge on any atom is 0.275 e. The number of nitro benzene ring substituents is 1. The number of benzene rings is 1. The van der Waals surface area contributed by atoms with Crippen molar-refractivity contribution in [2.24, 2.45) is 5.41 Å². The van der Waals surface area contributed by atoms with Crippen molar-refractivity contribution in [3.8, 4) is 0 Å². The first-order valence-corrected chi connectivity index (χ1v) is 10.1. The second-order valence-corrected chi connectivity index (χ2v) is 9.00. The standard InChI is InChI=1S/C19H21N5O3S/c1-4-28-18-21-17-20-12-9-19(2,3)10-14(25)15(12)16(23(17)22-18)11-7-5-6-8-13(11)24(26)27/h5-8,16H,4,9-10H2,1-3H3,(H,20,21,22)/t16-/m0/s1. The van der Waals surface area contributed by atoms with E-state index in [0.717, 1.165) is 11.4 Å². The number of nitrogens with zero attached hydrogens (tertiary/aromatic N) is 4. The molecule has 2 aliphatic rings. The average molecular weight is 399 g/mol. The van der Waals surface area contributed by atoms with Crippen LogP contribution in [0.1, 0.15) is 45.2 Å². The molecule has 0 radical (unpaired) electrons. The second-order valence-electron chi connectivity index (χ2n) is 7.77. The summed E-state index contributed by atoms with van der Waals surface area (Å²) < 4.78 is 1.62. The largest absolute Gasteiger partial charge is 0.328 e. The van der Waals surface area contributed by atoms with Gasteiger partial charge in [0.05, 0.1) is 10.5 Å². The number of anilines is 1. The van der Waals surface area contributed by atoms with Gasteiger partial charge in [0, 0.05) is 23.8 Å². The SMILES string of the molecule is CCSc1nc2n(n1)[C@@H](c1ccccc1[N+](=O)[O-])C1=C(CC(C)(C)CC1=O)N2. The molecule has 8 nitrogen and oxygen atoms in total. The maximum atomic E-state index is 13.1. The van der Waals surface area contributed by atoms with E-state index in [0.29, 0.717) is 35.1 Å². The van der Waals surface area contributed by atoms with Crippen LogP contribution in [-0.2, 0) is 4.79 Å². The number of ketones is 1. The Morgan fingerprint density at radius 3 is 2.82 bits per heavy atom. The van der Waals surface area contributed by atoms with E-state index in [4.69, 9.17) is 0 Å². The fraction of sp³-hybridized carbons (Fsp3) is 0.421. The molecule has 0 spiro atoms. The number of hydrogen-bond donors (Lipinski definition) is 1. The summed E-state index contributed by atoms with van der Waals surface area (Å²) in [5.41, 5.74) is 1.59. The molecule has 4 rings (SSSR count). The molecule has 1 aromatic heterocycles. The highest BCUT2D eigenvalue weighted by Crippen LogP contribution is 2.47. The number of fused-ring (bicyclic) bond motifs is 1. The average Bonchev–Trinajstić information content (AvgIpc) is 3.01. The van der Waals surface area contributed by atoms with Gasteiger partial charge in [-0.15, -0.1) is 5.10 Å². The van der Waals surface area contributed by atoms with Crippen LogP contribution in [0.2, 0.25) is 0 Å². The van der Waals surface area contributed by atoms with Gasteiger partial charge in [-0.25, -0.2) is 4.68 Å². The van der Waals surface area contributed by atoms with Gasteiger partial charge in [-0.2, -0.15) is 4.98 Å². The van der Waals surface area contributed by atoms with Crippen molar-refractivity contribution >= 4 is 29.2 Å². The van der Waals surface area contributed by atoms with Crippen LogP contribution in [0.3, 0.4) is 0 Å². The third-order valence-electron chi connectivity index (χ3n) is 5.01. The van der Waals surface area contributed by atoms with Gasteiger partial charge in [0.25, 0.3) is 5.69 Å². The van der Waals surface area contributed by atoms with E-state index in [1.807, 2.05) is 20.8 Å². The van der Waals surface area contributed by atoms with E-state index >= 15 is 0 Å². The maximum absolute atomic E-state index is 13.1. The molecule has 1 aliphatic carbocycles. The lowest BCUT2D eigenvalue weighted by atomic mass is 9.73. The lowest BCUT2D eigenvalue weighted by Gasteiger charge is -2.38. The highest BCUT2D eigenvalue weighted by molar-refractivity contribution is 7.99. The van der Waals surface area contributed by atoms with Crippen molar-refractivity contribution in [1.82, 2.24) is 14.8 Å². The summed E-state index contributed by atoms with van der Waals surface area (Å²) in [6.07, 6.45) is 1.07. The molecular weight excluding hydrogens is 378 g/mol. The molecule has 28 heavy (non-hydrogen) atoms. The third kappa shape index (κ3) is 3.09. The van der Waals surface area contributed by atoms with E-state index < -0.39 is 11.0 Å². The van der Waals surface area contributed by atoms with Gasteiger partial charge < -0.3 is 5.32 Å². The molecule has 1 N–H and O–H groups in total. The van der Waals surface area contributed by atoms with Crippen molar-refractivity contribution in [3.05, 3.63) is 51.2 Å². The number of aromatic nitrogens is 3. The van der Waals surface area contributed by atoms with Crippen molar-refractivity contribution < 1.29 is 9.72 Å². The number of hydrogen-bond acceptors (Lipinski definition) is 7. The molecule has 0 saturated heterocycles. The Labute approximate surface area is 166 Å². The van der Waals surface area contributed by atoms with Gasteiger partial charge in [0.1, 0.15) is 6.04 Å². The van der Waals surface area contributed by atoms with Crippen LogP contribution in [0.25, 0.3) is 0 Å². The minimum Gasteiger partial charge on any atom is -0.328 e. The third-order valence-corrected chi connectivity index (χ3v) is 5.73. The zero-order chi connectivity index (χ0) is 20.1. The summed E-state index contributed by atoms with van der Waals surface area (Å²) in [6.45, 7) is 6.11. The van der Waals surface area contributed by atoms with Crippen LogP contribution in [0.15, 0.2) is 40.7 Å². The molecule has 0 fully saturated rings. The molecule has 0 bridgehead atoms. The molecule has 0 saturated carbocycles. The van der Waals surface area contributed by atoms with Crippen LogP contribution in [0.4, 0.5) is 11.6 Å². The minimum absolute atomic E-state index is 0.00672. The number of allylic oxidation sites excluding steroid dienone is 2. The number of para-hydroxylation sites is 1. The Hall–Kier alpha value is -2.68. The predicted octanol–water partition coefficient (Wildman–Crippen LogP) is 3.96. The molecule has 2 aromatic rings. The monoisotopic (exact) mass is 399 g/mol. The van der Waals surface area contributed by atoms with Gasteiger partial charge in [-0.05, 0) is 23.7 Å². The van der Waals surface area contributed by atoms with Gasteiger partial charge in [0.2, 0.25) is 11.1 Å². The van der Waals surface area contributed by atoms with Gasteiger partial charge in [-0.3, -0.25) is 14.9 Å². The topological polar surface area (TPSA) is 103 Å². The van der Waals surface area contributed by atoms with Crippen LogP contribution >= 0.6 is 11.8 Å². The van der Waals surface area contributed by atoms with E-state index in [1.54, 1.807) is 22.9 Å². The number of nitrogens with one attached hydrogen (secondary N) is 1. The Kier molecular flexibility index (Phi) is 4.49. The Morgan fingerprint density at radius 2 is 2.11 bits per heavy atom. The van der Waals surface area contributed by atoms with Crippen molar-refractivity contribution in [2.75, 3.05) is 11.1 Å². The molecule has 1 atom stereocenters. The Morgan fingerprint density at radius 1 is 1.36 bits per heavy atom. The highest BCUT2D eigenvalue weighted by atomic mass is 32.2. The highest BCUT2D eigenvalue weighted by Gasteiger charge is 2.43. The predicted molar refractivity (Wildman–Crippen MR) is 106 cm³/mol. The molecule has 146 valence electrons. The van der Waals surface area contributed by atoms with Gasteiger partial charge >= 0.3 is 0 Å². The first kappa shape index (κ1) is 18.7. The lowest BCUT2D eigenvalue weighted by Crippen LogP contribution is -2.36. The summed E-state index contributed by atoms with van der Waals surface area (Å²) in [7, 11) is 0. The summed E-state index contributed by atoms with van der Waals surface area (Å²) in [5.74, 6) is 1.31. The fourth-order valence-electron chi connectivity index (χ4n) is 3.95. The minimum atomic E-state index is -0.657. The number of rotatable bonds is 4. The molecule has 1 aromatic carbocycles. The number of nitro groups is 1. The summed E-state index contributed by atoms with van der Waals surface area (Å²) in [5, 5.41) is 20.1. The van der Waals surface area contributed by atoms with Gasteiger partial charge in [-0.1, -0.05) is 44.7 Å². The number of thioether (sulfide) groups is 1. The van der Waals surface area contributed by atoms with Gasteiger partial charge in [0.15, 0.2) is 5.78 Å². The first-order chi connectivity index (χ1) is 13.3. The van der Waals surface area contributed by atoms with Crippen LogP contribution in [0, 0.1) is 15.5 Å². The van der Waals surface area contributed by atoms with Crippen molar-refractivity contribution in [3.63, 3.8) is 0 Å². The number of carbonyl (C=O) groups excluding carboxylic acids is 1. The van der Waals surface area contributed by atoms with E-state index in [1.165, 1.54) is 17.8 Å². The van der Waals surface area contributed by atoms with E-state index in [-0.39, 0.29) is 16.9 Å². The number of carbonyl (C=O) groups is 1. The molecule has 1 aliphatic heterocycles. The fourth-order valence-corrected chi connectivity index (χ4v) is 4.51. The Bertz CT molecular complexity index is 1010. The van der Waals surface area contributed by atoms with Crippen molar-refractivity contribution in [1.29, 1.82) is 0 Å². The number of Topliss-reactive ketones (excluding diaryl/α,β-unsaturated/α-hetero) is 1. The zero-order valence-electron chi connectivity index (χ0n) is 15.9. The lowest BCUT2D eigenvalue weighted by molar-refractivity contribution is -0.385. The van der Waals surface area contributed by atoms with E-state index in [2.05, 4.69) is 15.4 Å². The summed E-state index contributed by atoms with van der Waals surface area (Å²) >= 11 is 1.49. The molecule has 0 unspecified atom stereocenters. The summed E-state index contributed by atoms with van der Waals surface area (Å²) in [4.78, 5) is 28.9. The molecular formula is C19H21N5O3S. The molecule has 9 heteroatoms. The quantitative estimate of drug-likeness (QED) is 0.471. The zero-order valence-corrected chi connectivity index (χ0v) is 16.7. The normalized spacial score (nSPS) is 20.4. The Balaban J connectivity index is 1.94. The molecule has 2 heterocycles. The van der Waals surface area contributed by atoms with Crippen molar-refractivity contribution in [2.45, 2.75) is 44.8 Å². The molecule has 0 amide bonds. The summed E-state index contributed by atoms with van der Waals surface area (Å²) in [6, 6.07) is 5.89. The van der Waals surface area contributed by atoms with Crippen LogP contribution in [0.5, 0.6) is 0 Å². The van der Waals surface area contributed by atoms with E-state index in [9.17, 15) is 14.9 Å². The second kappa shape index (κ2) is 6.73.